The van der Waals surface area contributed by atoms with E-state index in [2.05, 4.69) is 23.3 Å². The molecule has 2 aromatic rings. The number of hydrogen-bond donors (Lipinski definition) is 3. The van der Waals surface area contributed by atoms with Gasteiger partial charge in [0.1, 0.15) is 6.61 Å². The maximum absolute atomic E-state index is 11.0. The summed E-state index contributed by atoms with van der Waals surface area (Å²) in [5.74, 6) is -0.0885. The number of rotatable bonds is 6. The Kier molecular flexibility index (Phi) is 6.05. The predicted molar refractivity (Wildman–Crippen MR) is 93.7 cm³/mol. The molecule has 6 heteroatoms. The fraction of sp³-hybridized carbons (Fsp3) is 0.176. The van der Waals surface area contributed by atoms with E-state index in [1.807, 2.05) is 48.5 Å². The lowest BCUT2D eigenvalue weighted by Crippen LogP contribution is -2.05. The first-order valence-electron chi connectivity index (χ1n) is 7.08. The lowest BCUT2D eigenvalue weighted by Gasteiger charge is -2.09. The van der Waals surface area contributed by atoms with Gasteiger partial charge in [-0.2, -0.15) is 0 Å². The zero-order valence-corrected chi connectivity index (χ0v) is 13.6. The van der Waals surface area contributed by atoms with Crippen molar-refractivity contribution in [3.63, 3.8) is 0 Å². The molecule has 5 nitrogen and oxygen atoms in total. The quantitative estimate of drug-likeness (QED) is 0.556. The van der Waals surface area contributed by atoms with E-state index in [-0.39, 0.29) is 12.5 Å². The molecule has 23 heavy (non-hydrogen) atoms. The summed E-state index contributed by atoms with van der Waals surface area (Å²) in [7, 11) is 0. The molecule has 0 fully saturated rings. The Morgan fingerprint density at radius 3 is 2.09 bits per heavy atom. The van der Waals surface area contributed by atoms with Crippen molar-refractivity contribution in [1.82, 2.24) is 0 Å². The van der Waals surface area contributed by atoms with Crippen molar-refractivity contribution < 1.29 is 14.3 Å². The molecular formula is C17H18N2O3S. The standard InChI is InChI=1S/C17H18N2O3S/c1-12(20)19-16-8-6-15(7-9-16)18-10-13-2-4-14(5-3-13)11-22-17(21)23/h2-9,18H,10-11H2,1H3,(H,19,20)(H,21,23). The Hall–Kier alpha value is -2.47. The lowest BCUT2D eigenvalue weighted by atomic mass is 10.1. The Morgan fingerprint density at radius 1 is 0.957 bits per heavy atom. The zero-order chi connectivity index (χ0) is 16.7. The molecular weight excluding hydrogens is 312 g/mol. The van der Waals surface area contributed by atoms with E-state index >= 15 is 0 Å². The lowest BCUT2D eigenvalue weighted by molar-refractivity contribution is -0.114. The van der Waals surface area contributed by atoms with E-state index in [9.17, 15) is 9.59 Å². The van der Waals surface area contributed by atoms with E-state index in [0.29, 0.717) is 6.54 Å². The number of anilines is 2. The van der Waals surface area contributed by atoms with Crippen LogP contribution in [0.5, 0.6) is 0 Å². The highest BCUT2D eigenvalue weighted by molar-refractivity contribution is 7.96. The van der Waals surface area contributed by atoms with E-state index in [4.69, 9.17) is 4.74 Å². The van der Waals surface area contributed by atoms with Gasteiger partial charge in [0.2, 0.25) is 5.91 Å². The van der Waals surface area contributed by atoms with Crippen LogP contribution < -0.4 is 10.6 Å². The van der Waals surface area contributed by atoms with Crippen molar-refractivity contribution in [3.05, 3.63) is 59.7 Å². The van der Waals surface area contributed by atoms with E-state index in [1.165, 1.54) is 6.92 Å². The molecule has 0 atom stereocenters. The van der Waals surface area contributed by atoms with Gasteiger partial charge in [-0.3, -0.25) is 4.79 Å². The highest BCUT2D eigenvalue weighted by Crippen LogP contribution is 2.15. The highest BCUT2D eigenvalue weighted by Gasteiger charge is 1.99. The molecule has 2 aromatic carbocycles. The molecule has 120 valence electrons. The first-order valence-corrected chi connectivity index (χ1v) is 7.53. The summed E-state index contributed by atoms with van der Waals surface area (Å²) >= 11 is 3.55. The van der Waals surface area contributed by atoms with Crippen molar-refractivity contribution in [2.75, 3.05) is 10.6 Å². The van der Waals surface area contributed by atoms with Gasteiger partial charge in [-0.15, -0.1) is 0 Å². The van der Waals surface area contributed by atoms with Crippen LogP contribution >= 0.6 is 12.6 Å². The van der Waals surface area contributed by atoms with Gasteiger partial charge in [-0.05, 0) is 35.4 Å². The monoisotopic (exact) mass is 330 g/mol. The molecule has 0 saturated heterocycles. The maximum Gasteiger partial charge on any atom is 0.364 e. The fourth-order valence-corrected chi connectivity index (χ4v) is 2.04. The Morgan fingerprint density at radius 2 is 1.52 bits per heavy atom. The van der Waals surface area contributed by atoms with Crippen LogP contribution in [0.3, 0.4) is 0 Å². The van der Waals surface area contributed by atoms with Gasteiger partial charge < -0.3 is 15.4 Å². The first kappa shape index (κ1) is 16.9. The summed E-state index contributed by atoms with van der Waals surface area (Å²) in [5, 5.41) is 5.44. The Labute approximate surface area is 140 Å². The number of hydrogen-bond acceptors (Lipinski definition) is 4. The summed E-state index contributed by atoms with van der Waals surface area (Å²) < 4.78 is 4.82. The second kappa shape index (κ2) is 8.24. The second-order valence-electron chi connectivity index (χ2n) is 4.98. The zero-order valence-electron chi connectivity index (χ0n) is 12.7. The summed E-state index contributed by atoms with van der Waals surface area (Å²) in [6, 6.07) is 15.3. The molecule has 2 rings (SSSR count). The molecule has 0 aliphatic carbocycles. The van der Waals surface area contributed by atoms with Crippen molar-refractivity contribution in [2.45, 2.75) is 20.1 Å². The summed E-state index contributed by atoms with van der Waals surface area (Å²) in [5.41, 5.74) is 3.76. The molecule has 1 amide bonds. The Bertz CT molecular complexity index is 669. The summed E-state index contributed by atoms with van der Waals surface area (Å²) in [4.78, 5) is 21.6. The highest BCUT2D eigenvalue weighted by atomic mass is 32.1. The molecule has 0 radical (unpaired) electrons. The molecule has 0 spiro atoms. The Balaban J connectivity index is 1.85. The third kappa shape index (κ3) is 6.04. The van der Waals surface area contributed by atoms with E-state index in [0.717, 1.165) is 22.5 Å². The molecule has 0 heterocycles. The molecule has 0 aliphatic heterocycles. The smallest absolute Gasteiger partial charge is 0.364 e. The van der Waals surface area contributed by atoms with Gasteiger partial charge >= 0.3 is 5.30 Å². The minimum Gasteiger partial charge on any atom is -0.453 e. The van der Waals surface area contributed by atoms with Crippen LogP contribution in [0, 0.1) is 0 Å². The number of ether oxygens (including phenoxy) is 1. The van der Waals surface area contributed by atoms with E-state index in [1.54, 1.807) is 0 Å². The average Bonchev–Trinajstić information content (AvgIpc) is 2.53. The topological polar surface area (TPSA) is 67.4 Å². The van der Waals surface area contributed by atoms with Crippen LogP contribution in [-0.4, -0.2) is 11.2 Å². The third-order valence-corrected chi connectivity index (χ3v) is 3.22. The number of amides is 1. The normalized spacial score (nSPS) is 10.0. The number of carbonyl (C=O) groups excluding carboxylic acids is 2. The maximum atomic E-state index is 11.0. The van der Waals surface area contributed by atoms with Crippen molar-refractivity contribution in [2.24, 2.45) is 0 Å². The number of carbonyl (C=O) groups is 2. The number of benzene rings is 2. The van der Waals surface area contributed by atoms with Crippen molar-refractivity contribution >= 4 is 35.2 Å². The van der Waals surface area contributed by atoms with E-state index < -0.39 is 5.30 Å². The van der Waals surface area contributed by atoms with Crippen LogP contribution in [0.1, 0.15) is 18.1 Å². The average molecular weight is 330 g/mol. The molecule has 0 saturated carbocycles. The van der Waals surface area contributed by atoms with Crippen molar-refractivity contribution in [1.29, 1.82) is 0 Å². The minimum atomic E-state index is -0.585. The summed E-state index contributed by atoms with van der Waals surface area (Å²) in [6.45, 7) is 2.37. The van der Waals surface area contributed by atoms with Gasteiger partial charge in [0, 0.05) is 24.8 Å². The van der Waals surface area contributed by atoms with Gasteiger partial charge in [-0.1, -0.05) is 36.9 Å². The fourth-order valence-electron chi connectivity index (χ4n) is 1.98. The SMILES string of the molecule is CC(=O)Nc1ccc(NCc2ccc(COC(=O)S)cc2)cc1. The van der Waals surface area contributed by atoms with Crippen LogP contribution in [0.4, 0.5) is 16.2 Å². The largest absolute Gasteiger partial charge is 0.453 e. The molecule has 0 bridgehead atoms. The molecule has 2 N–H and O–H groups in total. The third-order valence-electron chi connectivity index (χ3n) is 3.09. The second-order valence-corrected chi connectivity index (χ2v) is 5.35. The predicted octanol–water partition coefficient (Wildman–Crippen LogP) is 3.82. The van der Waals surface area contributed by atoms with Crippen LogP contribution in [0.15, 0.2) is 48.5 Å². The van der Waals surface area contributed by atoms with Gasteiger partial charge in [0.05, 0.1) is 0 Å². The molecule has 0 unspecified atom stereocenters. The number of nitrogens with one attached hydrogen (secondary N) is 2. The molecule has 0 aromatic heterocycles. The summed E-state index contributed by atoms with van der Waals surface area (Å²) in [6.07, 6.45) is 0. The van der Waals surface area contributed by atoms with Gasteiger partial charge in [-0.25, -0.2) is 4.79 Å². The van der Waals surface area contributed by atoms with Crippen molar-refractivity contribution in [3.8, 4) is 0 Å². The number of thiol groups is 1. The molecule has 0 aliphatic rings. The first-order chi connectivity index (χ1) is 11.0. The van der Waals surface area contributed by atoms with Gasteiger partial charge in [0.25, 0.3) is 0 Å². The van der Waals surface area contributed by atoms with Crippen LogP contribution in [0.2, 0.25) is 0 Å². The van der Waals surface area contributed by atoms with Gasteiger partial charge in [0.15, 0.2) is 0 Å². The van der Waals surface area contributed by atoms with Crippen LogP contribution in [-0.2, 0) is 22.7 Å². The van der Waals surface area contributed by atoms with Crippen LogP contribution in [0.25, 0.3) is 0 Å². The minimum absolute atomic E-state index is 0.0885.